The molecule has 8 nitrogen and oxygen atoms in total. The Morgan fingerprint density at radius 1 is 0.913 bits per heavy atom. The molecule has 0 spiro atoms. The van der Waals surface area contributed by atoms with E-state index < -0.39 is 37.2 Å². The predicted molar refractivity (Wildman–Crippen MR) is 85.0 cm³/mol. The molecule has 1 rings (SSSR count). The number of rotatable bonds is 8. The summed E-state index contributed by atoms with van der Waals surface area (Å²) in [5, 5.41) is 40.7. The van der Waals surface area contributed by atoms with Crippen LogP contribution >= 0.6 is 15.9 Å². The zero-order valence-corrected chi connectivity index (χ0v) is 13.8. The van der Waals surface area contributed by atoms with Gasteiger partial charge >= 0.3 is 0 Å². The molecule has 9 heteroatoms. The highest BCUT2D eigenvalue weighted by atomic mass is 79.9. The smallest absolute Gasteiger partial charge is 0.251 e. The molecule has 0 bridgehead atoms. The van der Waals surface area contributed by atoms with Gasteiger partial charge in [0.2, 0.25) is 0 Å². The third kappa shape index (κ3) is 6.63. The number of carbonyl (C=O) groups excluding carboxylic acids is 2. The molecule has 128 valence electrons. The molecule has 0 aliphatic carbocycles. The molecule has 0 saturated carbocycles. The standard InChI is InChI=1S/C14H19BrN2O6/c15-10-2-8(13(22)16-4-11(20)6-18)1-9(3-10)14(23)17-5-12(21)7-19/h1-3,11-12,18-21H,4-7H2,(H,16,22)(H,17,23). The first-order valence-electron chi connectivity index (χ1n) is 6.82. The molecule has 6 N–H and O–H groups in total. The van der Waals surface area contributed by atoms with Crippen molar-refractivity contribution in [2.24, 2.45) is 0 Å². The number of aliphatic hydroxyl groups excluding tert-OH is 4. The molecular formula is C14H19BrN2O6. The zero-order valence-electron chi connectivity index (χ0n) is 12.2. The van der Waals surface area contributed by atoms with Crippen LogP contribution in [0.4, 0.5) is 0 Å². The molecule has 1 aromatic carbocycles. The lowest BCUT2D eigenvalue weighted by molar-refractivity contribution is 0.0800. The lowest BCUT2D eigenvalue weighted by Crippen LogP contribution is -2.35. The van der Waals surface area contributed by atoms with Gasteiger partial charge in [-0.15, -0.1) is 0 Å². The van der Waals surface area contributed by atoms with Crippen LogP contribution in [0.2, 0.25) is 0 Å². The second-order valence-electron chi connectivity index (χ2n) is 4.82. The van der Waals surface area contributed by atoms with Crippen molar-refractivity contribution >= 4 is 27.7 Å². The van der Waals surface area contributed by atoms with Gasteiger partial charge < -0.3 is 31.1 Å². The number of hydrogen-bond donors (Lipinski definition) is 6. The summed E-state index contributed by atoms with van der Waals surface area (Å²) >= 11 is 3.20. The molecule has 23 heavy (non-hydrogen) atoms. The first-order valence-corrected chi connectivity index (χ1v) is 7.61. The van der Waals surface area contributed by atoms with E-state index in [2.05, 4.69) is 26.6 Å². The van der Waals surface area contributed by atoms with E-state index in [-0.39, 0.29) is 24.2 Å². The quantitative estimate of drug-likeness (QED) is 0.323. The Morgan fingerprint density at radius 2 is 1.30 bits per heavy atom. The average Bonchev–Trinajstić information content (AvgIpc) is 2.55. The van der Waals surface area contributed by atoms with Gasteiger partial charge in [0.1, 0.15) is 0 Å². The Balaban J connectivity index is 2.78. The second-order valence-corrected chi connectivity index (χ2v) is 5.74. The average molecular weight is 391 g/mol. The zero-order chi connectivity index (χ0) is 17.4. The molecule has 0 aliphatic rings. The largest absolute Gasteiger partial charge is 0.394 e. The summed E-state index contributed by atoms with van der Waals surface area (Å²) in [4.78, 5) is 24.0. The topological polar surface area (TPSA) is 139 Å². The molecule has 0 heterocycles. The van der Waals surface area contributed by atoms with Gasteiger partial charge in [0.05, 0.1) is 25.4 Å². The minimum absolute atomic E-state index is 0.119. The van der Waals surface area contributed by atoms with Crippen molar-refractivity contribution in [1.82, 2.24) is 10.6 Å². The predicted octanol–water partition coefficient (Wildman–Crippen LogP) is -1.38. The molecule has 0 radical (unpaired) electrons. The van der Waals surface area contributed by atoms with Crippen LogP contribution in [0.5, 0.6) is 0 Å². The van der Waals surface area contributed by atoms with E-state index in [1.807, 2.05) is 0 Å². The van der Waals surface area contributed by atoms with Crippen LogP contribution in [-0.4, -0.2) is 70.8 Å². The number of halogens is 1. The van der Waals surface area contributed by atoms with E-state index in [0.717, 1.165) is 0 Å². The van der Waals surface area contributed by atoms with E-state index in [1.54, 1.807) is 0 Å². The summed E-state index contributed by atoms with van der Waals surface area (Å²) in [6.45, 7) is -1.18. The van der Waals surface area contributed by atoms with Gasteiger partial charge in [-0.25, -0.2) is 0 Å². The fourth-order valence-electron chi connectivity index (χ4n) is 1.61. The van der Waals surface area contributed by atoms with E-state index in [9.17, 15) is 19.8 Å². The van der Waals surface area contributed by atoms with Gasteiger partial charge in [0, 0.05) is 28.7 Å². The first-order chi connectivity index (χ1) is 10.9. The Morgan fingerprint density at radius 3 is 1.65 bits per heavy atom. The third-order valence-corrected chi connectivity index (χ3v) is 3.30. The van der Waals surface area contributed by atoms with Crippen LogP contribution < -0.4 is 10.6 Å². The number of hydrogen-bond acceptors (Lipinski definition) is 6. The summed E-state index contributed by atoms with van der Waals surface area (Å²) in [6, 6.07) is 4.35. The second kappa shape index (κ2) is 9.58. The summed E-state index contributed by atoms with van der Waals surface area (Å²) in [5.41, 5.74) is 0.384. The molecule has 2 atom stereocenters. The minimum atomic E-state index is -1.06. The van der Waals surface area contributed by atoms with Crippen molar-refractivity contribution in [3.8, 4) is 0 Å². The highest BCUT2D eigenvalue weighted by Crippen LogP contribution is 2.16. The maximum atomic E-state index is 12.0. The lowest BCUT2D eigenvalue weighted by atomic mass is 10.1. The minimum Gasteiger partial charge on any atom is -0.394 e. The maximum absolute atomic E-state index is 12.0. The van der Waals surface area contributed by atoms with E-state index in [4.69, 9.17) is 10.2 Å². The van der Waals surface area contributed by atoms with E-state index in [0.29, 0.717) is 4.47 Å². The van der Waals surface area contributed by atoms with Crippen molar-refractivity contribution < 1.29 is 30.0 Å². The van der Waals surface area contributed by atoms with Crippen molar-refractivity contribution in [3.63, 3.8) is 0 Å². The summed E-state index contributed by atoms with van der Waals surface area (Å²) < 4.78 is 0.501. The van der Waals surface area contributed by atoms with Crippen LogP contribution in [-0.2, 0) is 0 Å². The number of amides is 2. The molecule has 0 saturated heterocycles. The van der Waals surface area contributed by atoms with Gasteiger partial charge in [0.25, 0.3) is 11.8 Å². The Kier molecular flexibility index (Phi) is 8.13. The van der Waals surface area contributed by atoms with Gasteiger partial charge in [-0.05, 0) is 18.2 Å². The fraction of sp³-hybridized carbons (Fsp3) is 0.429. The van der Waals surface area contributed by atoms with Crippen LogP contribution in [0, 0.1) is 0 Å². The third-order valence-electron chi connectivity index (χ3n) is 2.84. The molecule has 2 amide bonds. The van der Waals surface area contributed by atoms with E-state index in [1.165, 1.54) is 18.2 Å². The molecule has 0 aromatic heterocycles. The number of nitrogens with one attached hydrogen (secondary N) is 2. The van der Waals surface area contributed by atoms with Gasteiger partial charge in [-0.1, -0.05) is 15.9 Å². The number of benzene rings is 1. The monoisotopic (exact) mass is 390 g/mol. The number of aliphatic hydroxyl groups is 4. The molecule has 2 unspecified atom stereocenters. The van der Waals surface area contributed by atoms with Crippen LogP contribution in [0.25, 0.3) is 0 Å². The van der Waals surface area contributed by atoms with Gasteiger partial charge in [0.15, 0.2) is 0 Å². The maximum Gasteiger partial charge on any atom is 0.251 e. The summed E-state index contributed by atoms with van der Waals surface area (Å²) in [7, 11) is 0. The highest BCUT2D eigenvalue weighted by Gasteiger charge is 2.14. The van der Waals surface area contributed by atoms with E-state index >= 15 is 0 Å². The molecule has 0 fully saturated rings. The molecule has 1 aromatic rings. The first kappa shape index (κ1) is 19.5. The Hall–Kier alpha value is -1.52. The van der Waals surface area contributed by atoms with Crippen molar-refractivity contribution in [2.75, 3.05) is 26.3 Å². The molecule has 0 aliphatic heterocycles. The lowest BCUT2D eigenvalue weighted by Gasteiger charge is -2.12. The van der Waals surface area contributed by atoms with Gasteiger partial charge in [-0.2, -0.15) is 0 Å². The van der Waals surface area contributed by atoms with Crippen molar-refractivity contribution in [2.45, 2.75) is 12.2 Å². The highest BCUT2D eigenvalue weighted by molar-refractivity contribution is 9.10. The number of carbonyl (C=O) groups is 2. The SMILES string of the molecule is O=C(NCC(O)CO)c1cc(Br)cc(C(=O)NCC(O)CO)c1. The Labute approximate surface area is 141 Å². The fourth-order valence-corrected chi connectivity index (χ4v) is 2.10. The van der Waals surface area contributed by atoms with Crippen LogP contribution in [0.1, 0.15) is 20.7 Å². The van der Waals surface area contributed by atoms with Crippen molar-refractivity contribution in [1.29, 1.82) is 0 Å². The summed E-state index contributed by atoms with van der Waals surface area (Å²) in [6.07, 6.45) is -2.12. The molecular weight excluding hydrogens is 372 g/mol. The summed E-state index contributed by atoms with van der Waals surface area (Å²) in [5.74, 6) is -1.02. The normalized spacial score (nSPS) is 13.3. The Bertz CT molecular complexity index is 510. The van der Waals surface area contributed by atoms with Crippen LogP contribution in [0.15, 0.2) is 22.7 Å². The van der Waals surface area contributed by atoms with Crippen LogP contribution in [0.3, 0.4) is 0 Å². The van der Waals surface area contributed by atoms with Crippen molar-refractivity contribution in [3.05, 3.63) is 33.8 Å². The van der Waals surface area contributed by atoms with Gasteiger partial charge in [-0.3, -0.25) is 9.59 Å².